The molecule has 366 valence electrons. The van der Waals surface area contributed by atoms with Crippen molar-refractivity contribution in [3.05, 3.63) is 209 Å². The average Bonchev–Trinajstić information content (AvgIpc) is 3.28. The number of alkyl halides is 6. The Morgan fingerprint density at radius 1 is 0.493 bits per heavy atom. The number of hydrogen-bond acceptors (Lipinski definition) is 2. The predicted octanol–water partition coefficient (Wildman–Crippen LogP) is 16.4. The van der Waals surface area contributed by atoms with Crippen LogP contribution in [0.15, 0.2) is 138 Å². The second-order valence-corrected chi connectivity index (χ2v) is 20.8. The van der Waals surface area contributed by atoms with Gasteiger partial charge in [0.1, 0.15) is 0 Å². The molecular weight excluding hydrogens is 997 g/mol. The smallest absolute Gasteiger partial charge is 0.334 e. The fourth-order valence-corrected chi connectivity index (χ4v) is 8.34. The number of benzene rings is 6. The first-order valence-electron chi connectivity index (χ1n) is 22.6. The van der Waals surface area contributed by atoms with E-state index in [1.54, 1.807) is 46.2 Å². The summed E-state index contributed by atoms with van der Waals surface area (Å²) in [4.78, 5) is 30.3. The van der Waals surface area contributed by atoms with E-state index in [2.05, 4.69) is 69.6 Å². The first-order valence-corrected chi connectivity index (χ1v) is 24.1. The molecule has 0 aliphatic rings. The molecule has 6 aromatic rings. The third-order valence-corrected chi connectivity index (χ3v) is 12.7. The summed E-state index contributed by atoms with van der Waals surface area (Å²) in [6.07, 6.45) is -7.49. The van der Waals surface area contributed by atoms with Crippen molar-refractivity contribution < 1.29 is 35.9 Å². The maximum atomic E-state index is 13.5. The van der Waals surface area contributed by atoms with Gasteiger partial charge in [-0.1, -0.05) is 157 Å². The van der Waals surface area contributed by atoms with Gasteiger partial charge in [0.05, 0.1) is 16.7 Å². The molecule has 0 saturated heterocycles. The van der Waals surface area contributed by atoms with Gasteiger partial charge in [-0.05, 0) is 133 Å². The zero-order valence-electron chi connectivity index (χ0n) is 39.8. The molecule has 0 saturated carbocycles. The second kappa shape index (κ2) is 23.2. The topological polar surface area (TPSA) is 40.6 Å². The van der Waals surface area contributed by atoms with Crippen molar-refractivity contribution in [2.75, 3.05) is 13.1 Å². The van der Waals surface area contributed by atoms with Crippen molar-refractivity contribution in [1.29, 1.82) is 0 Å². The molecule has 0 atom stereocenters. The van der Waals surface area contributed by atoms with E-state index in [9.17, 15) is 35.9 Å². The Kier molecular flexibility index (Phi) is 18.4. The van der Waals surface area contributed by atoms with Crippen molar-refractivity contribution in [1.82, 2.24) is 9.80 Å². The SMILES string of the molecule is CC(C)(C)c1ccc(CN(CCc2cccc(C(F)(F)F)c2)C(=O)c2cc(Cl)ccc2Br)cc1.CCc1cc(Cl)cc(C(=O)N(CCc2cccc(C(F)(F)F)c2)Cc2ccc(C(C)(C)C)cc2)c1. The summed E-state index contributed by atoms with van der Waals surface area (Å²) in [5.41, 5.74) is 5.75. The lowest BCUT2D eigenvalue weighted by atomic mass is 9.86. The minimum atomic E-state index is -4.41. The van der Waals surface area contributed by atoms with Crippen LogP contribution in [0.5, 0.6) is 0 Å². The molecule has 6 rings (SSSR count). The molecule has 0 spiro atoms. The third kappa shape index (κ3) is 16.2. The monoisotopic (exact) mass is 1050 g/mol. The Bertz CT molecular complexity index is 2690. The lowest BCUT2D eigenvalue weighted by molar-refractivity contribution is -0.138. The number of carbonyl (C=O) groups excluding carboxylic acids is 2. The molecule has 6 aromatic carbocycles. The molecule has 0 radical (unpaired) electrons. The average molecular weight is 1050 g/mol. The van der Waals surface area contributed by atoms with E-state index in [-0.39, 0.29) is 42.2 Å². The minimum absolute atomic E-state index is 0.00316. The molecule has 2 amide bonds. The summed E-state index contributed by atoms with van der Waals surface area (Å²) in [6.45, 7) is 16.0. The summed E-state index contributed by atoms with van der Waals surface area (Å²) >= 11 is 15.8. The highest BCUT2D eigenvalue weighted by Crippen LogP contribution is 2.32. The number of rotatable bonds is 13. The molecule has 0 aliphatic carbocycles. The molecule has 0 fully saturated rings. The Labute approximate surface area is 420 Å². The molecule has 69 heavy (non-hydrogen) atoms. The van der Waals surface area contributed by atoms with Crippen molar-refractivity contribution in [3.63, 3.8) is 0 Å². The van der Waals surface area contributed by atoms with Crippen LogP contribution in [0.3, 0.4) is 0 Å². The lowest BCUT2D eigenvalue weighted by Gasteiger charge is -2.25. The van der Waals surface area contributed by atoms with Crippen LogP contribution >= 0.6 is 39.1 Å². The number of carbonyl (C=O) groups is 2. The summed E-state index contributed by atoms with van der Waals surface area (Å²) < 4.78 is 79.4. The zero-order valence-corrected chi connectivity index (χ0v) is 42.9. The van der Waals surface area contributed by atoms with E-state index in [0.29, 0.717) is 56.3 Å². The van der Waals surface area contributed by atoms with Crippen LogP contribution in [-0.4, -0.2) is 34.7 Å². The van der Waals surface area contributed by atoms with Crippen molar-refractivity contribution in [2.24, 2.45) is 0 Å². The Morgan fingerprint density at radius 2 is 0.942 bits per heavy atom. The van der Waals surface area contributed by atoms with Gasteiger partial charge in [0, 0.05) is 46.3 Å². The molecule has 0 N–H and O–H groups in total. The number of aryl methyl sites for hydroxylation is 1. The van der Waals surface area contributed by atoms with E-state index < -0.39 is 23.5 Å². The third-order valence-electron chi connectivity index (χ3n) is 11.6. The van der Waals surface area contributed by atoms with Gasteiger partial charge in [-0.2, -0.15) is 26.3 Å². The maximum absolute atomic E-state index is 13.5. The van der Waals surface area contributed by atoms with Crippen LogP contribution in [0, 0.1) is 0 Å². The number of halogens is 9. The maximum Gasteiger partial charge on any atom is 0.416 e. The molecule has 0 bridgehead atoms. The fraction of sp³-hybridized carbons (Fsp3) is 0.321. The van der Waals surface area contributed by atoms with E-state index >= 15 is 0 Å². The summed E-state index contributed by atoms with van der Waals surface area (Å²) in [6, 6.07) is 36.9. The Morgan fingerprint density at radius 3 is 1.36 bits per heavy atom. The van der Waals surface area contributed by atoms with Crippen LogP contribution in [0.4, 0.5) is 26.3 Å². The molecule has 4 nitrogen and oxygen atoms in total. The molecule has 0 aliphatic heterocycles. The van der Waals surface area contributed by atoms with Gasteiger partial charge in [0.25, 0.3) is 11.8 Å². The van der Waals surface area contributed by atoms with Crippen molar-refractivity contribution in [2.45, 2.75) is 104 Å². The summed E-state index contributed by atoms with van der Waals surface area (Å²) in [5, 5.41) is 0.916. The molecule has 0 aromatic heterocycles. The zero-order chi connectivity index (χ0) is 50.9. The standard InChI is InChI=1S/C29H31ClF3NO.C27H26BrClF3NO/c1-5-20-15-23(18-26(30)17-20)27(35)34(19-22-9-11-24(12-10-22)28(2,3)4)14-13-21-7-6-8-25(16-21)29(31,32)33;1-26(2,3)20-9-7-19(8-10-20)17-33(25(34)23-16-22(29)11-12-24(23)28)14-13-18-5-4-6-21(15-18)27(30,31)32/h6-12,15-18H,5,13-14,19H2,1-4H3;4-12,15-16H,13-14,17H2,1-3H3. The number of amides is 2. The predicted molar refractivity (Wildman–Crippen MR) is 270 cm³/mol. The summed E-state index contributed by atoms with van der Waals surface area (Å²) in [7, 11) is 0. The quantitative estimate of drug-likeness (QED) is 0.108. The van der Waals surface area contributed by atoms with Crippen LogP contribution in [0.2, 0.25) is 10.0 Å². The van der Waals surface area contributed by atoms with Crippen molar-refractivity contribution in [3.8, 4) is 0 Å². The van der Waals surface area contributed by atoms with Gasteiger partial charge in [0.15, 0.2) is 0 Å². The molecule has 0 heterocycles. The number of nitrogens with zero attached hydrogens (tertiary/aromatic N) is 2. The largest absolute Gasteiger partial charge is 0.416 e. The van der Waals surface area contributed by atoms with E-state index in [1.165, 1.54) is 23.3 Å². The first kappa shape index (κ1) is 54.8. The Balaban J connectivity index is 0.000000258. The van der Waals surface area contributed by atoms with Gasteiger partial charge < -0.3 is 9.80 Å². The van der Waals surface area contributed by atoms with Gasteiger partial charge in [-0.25, -0.2) is 0 Å². The van der Waals surface area contributed by atoms with Gasteiger partial charge in [0.2, 0.25) is 0 Å². The van der Waals surface area contributed by atoms with Crippen LogP contribution in [0.1, 0.15) is 119 Å². The van der Waals surface area contributed by atoms with E-state index in [4.69, 9.17) is 23.2 Å². The van der Waals surface area contributed by atoms with Crippen LogP contribution in [0.25, 0.3) is 0 Å². The molecule has 13 heteroatoms. The summed E-state index contributed by atoms with van der Waals surface area (Å²) in [5.74, 6) is -0.449. The van der Waals surface area contributed by atoms with E-state index in [1.807, 2.05) is 55.5 Å². The van der Waals surface area contributed by atoms with Gasteiger partial charge in [-0.15, -0.1) is 0 Å². The van der Waals surface area contributed by atoms with E-state index in [0.717, 1.165) is 47.4 Å². The van der Waals surface area contributed by atoms with Gasteiger partial charge >= 0.3 is 12.4 Å². The lowest BCUT2D eigenvalue weighted by Crippen LogP contribution is -2.33. The number of hydrogen-bond donors (Lipinski definition) is 0. The minimum Gasteiger partial charge on any atom is -0.334 e. The van der Waals surface area contributed by atoms with Crippen LogP contribution in [-0.2, 0) is 55.5 Å². The Hall–Kier alpha value is -5.10. The normalized spacial score (nSPS) is 12.0. The highest BCUT2D eigenvalue weighted by Gasteiger charge is 2.31. The second-order valence-electron chi connectivity index (χ2n) is 19.1. The first-order chi connectivity index (χ1) is 32.2. The van der Waals surface area contributed by atoms with Gasteiger partial charge in [-0.3, -0.25) is 9.59 Å². The van der Waals surface area contributed by atoms with Crippen molar-refractivity contribution >= 4 is 50.9 Å². The highest BCUT2D eigenvalue weighted by molar-refractivity contribution is 9.10. The highest BCUT2D eigenvalue weighted by atomic mass is 79.9. The molecule has 0 unspecified atom stereocenters. The fourth-order valence-electron chi connectivity index (χ4n) is 7.49. The molecular formula is C56H57BrCl2F6N2O2. The van der Waals surface area contributed by atoms with Crippen LogP contribution < -0.4 is 0 Å².